The number of hydrogen-bond acceptors (Lipinski definition) is 2. The van der Waals surface area contributed by atoms with Crippen molar-refractivity contribution < 1.29 is 4.74 Å². The van der Waals surface area contributed by atoms with Gasteiger partial charge in [-0.2, -0.15) is 0 Å². The van der Waals surface area contributed by atoms with Crippen molar-refractivity contribution >= 4 is 0 Å². The Labute approximate surface area is 97.0 Å². The van der Waals surface area contributed by atoms with Crippen molar-refractivity contribution in [3.63, 3.8) is 0 Å². The Morgan fingerprint density at radius 1 is 1.25 bits per heavy atom. The first kappa shape index (κ1) is 10.3. The molecule has 1 aromatic carbocycles. The predicted octanol–water partition coefficient (Wildman–Crippen LogP) is 2.44. The largest absolute Gasteiger partial charge is 0.381 e. The fourth-order valence-electron chi connectivity index (χ4n) is 2.91. The van der Waals surface area contributed by atoms with Crippen LogP contribution in [0.5, 0.6) is 0 Å². The van der Waals surface area contributed by atoms with Crippen molar-refractivity contribution in [2.45, 2.75) is 43.9 Å². The highest BCUT2D eigenvalue weighted by Crippen LogP contribution is 2.33. The lowest BCUT2D eigenvalue weighted by Crippen LogP contribution is -2.46. The first-order chi connectivity index (χ1) is 7.86. The van der Waals surface area contributed by atoms with Gasteiger partial charge in [0.1, 0.15) is 0 Å². The molecule has 0 saturated heterocycles. The quantitative estimate of drug-likeness (QED) is 0.839. The molecule has 2 aliphatic carbocycles. The van der Waals surface area contributed by atoms with Crippen LogP contribution in [0.15, 0.2) is 24.3 Å². The van der Waals surface area contributed by atoms with E-state index >= 15 is 0 Å². The Bertz CT molecular complexity index is 371. The van der Waals surface area contributed by atoms with Crippen molar-refractivity contribution in [2.24, 2.45) is 0 Å². The topological polar surface area (TPSA) is 21.3 Å². The summed E-state index contributed by atoms with van der Waals surface area (Å²) in [5, 5.41) is 3.76. The molecule has 1 atom stereocenters. The Morgan fingerprint density at radius 2 is 2.06 bits per heavy atom. The van der Waals surface area contributed by atoms with Gasteiger partial charge in [0.15, 0.2) is 0 Å². The molecule has 1 unspecified atom stereocenters. The lowest BCUT2D eigenvalue weighted by molar-refractivity contribution is 0.0141. The Kier molecular flexibility index (Phi) is 2.70. The van der Waals surface area contributed by atoms with Gasteiger partial charge in [0, 0.05) is 19.2 Å². The van der Waals surface area contributed by atoms with Crippen molar-refractivity contribution in [3.05, 3.63) is 35.4 Å². The Balaban J connectivity index is 1.62. The molecule has 0 radical (unpaired) electrons. The second-order valence-corrected chi connectivity index (χ2v) is 4.98. The summed E-state index contributed by atoms with van der Waals surface area (Å²) in [4.78, 5) is 0. The zero-order chi connectivity index (χ0) is 11.0. The summed E-state index contributed by atoms with van der Waals surface area (Å²) in [7, 11) is 1.81. The monoisotopic (exact) mass is 217 g/mol. The van der Waals surface area contributed by atoms with E-state index in [9.17, 15) is 0 Å². The fraction of sp³-hybridized carbons (Fsp3) is 0.571. The molecule has 0 spiro atoms. The highest BCUT2D eigenvalue weighted by atomic mass is 16.5. The van der Waals surface area contributed by atoms with Crippen LogP contribution in [0.1, 0.15) is 36.4 Å². The number of ether oxygens (including phenoxy) is 1. The van der Waals surface area contributed by atoms with Crippen molar-refractivity contribution in [1.82, 2.24) is 5.32 Å². The second kappa shape index (κ2) is 4.19. The minimum Gasteiger partial charge on any atom is -0.381 e. The summed E-state index contributed by atoms with van der Waals surface area (Å²) in [6.45, 7) is 0. The first-order valence-corrected chi connectivity index (χ1v) is 6.23. The van der Waals surface area contributed by atoms with Crippen LogP contribution in [-0.4, -0.2) is 19.3 Å². The molecule has 0 aromatic heterocycles. The van der Waals surface area contributed by atoms with Gasteiger partial charge in [-0.25, -0.2) is 0 Å². The summed E-state index contributed by atoms with van der Waals surface area (Å²) in [6.07, 6.45) is 5.33. The maximum atomic E-state index is 5.31. The maximum Gasteiger partial charge on any atom is 0.0601 e. The molecule has 2 heteroatoms. The van der Waals surface area contributed by atoms with Gasteiger partial charge < -0.3 is 10.1 Å². The molecule has 0 heterocycles. The fourth-order valence-corrected chi connectivity index (χ4v) is 2.91. The van der Waals surface area contributed by atoms with E-state index in [-0.39, 0.29) is 0 Å². The molecular weight excluding hydrogens is 198 g/mol. The molecule has 1 N–H and O–H groups in total. The summed E-state index contributed by atoms with van der Waals surface area (Å²) >= 11 is 0. The van der Waals surface area contributed by atoms with Crippen molar-refractivity contribution in [3.8, 4) is 0 Å². The van der Waals surface area contributed by atoms with Crippen molar-refractivity contribution in [2.75, 3.05) is 7.11 Å². The van der Waals surface area contributed by atoms with E-state index in [0.717, 1.165) is 0 Å². The zero-order valence-electron chi connectivity index (χ0n) is 9.78. The van der Waals surface area contributed by atoms with Crippen LogP contribution in [0.2, 0.25) is 0 Å². The predicted molar refractivity (Wildman–Crippen MR) is 64.5 cm³/mol. The van der Waals surface area contributed by atoms with E-state index in [0.29, 0.717) is 18.2 Å². The summed E-state index contributed by atoms with van der Waals surface area (Å²) < 4.78 is 5.31. The average Bonchev–Trinajstić information content (AvgIpc) is 2.66. The van der Waals surface area contributed by atoms with Gasteiger partial charge in [-0.15, -0.1) is 0 Å². The Morgan fingerprint density at radius 3 is 2.88 bits per heavy atom. The van der Waals surface area contributed by atoms with Crippen LogP contribution < -0.4 is 5.32 Å². The first-order valence-electron chi connectivity index (χ1n) is 6.23. The van der Waals surface area contributed by atoms with E-state index < -0.39 is 0 Å². The summed E-state index contributed by atoms with van der Waals surface area (Å²) in [5.74, 6) is 0. The normalized spacial score (nSPS) is 32.2. The van der Waals surface area contributed by atoms with Crippen LogP contribution in [-0.2, 0) is 11.2 Å². The molecule has 0 aliphatic heterocycles. The van der Waals surface area contributed by atoms with Gasteiger partial charge in [0.25, 0.3) is 0 Å². The highest BCUT2D eigenvalue weighted by Gasteiger charge is 2.32. The standard InChI is InChI=1S/C14H19NO/c1-16-12-8-11(9-12)15-14-7-6-10-4-2-3-5-13(10)14/h2-5,11-12,14-15H,6-9H2,1H3. The molecule has 2 nitrogen and oxygen atoms in total. The minimum absolute atomic E-state index is 0.495. The van der Waals surface area contributed by atoms with Gasteiger partial charge >= 0.3 is 0 Å². The number of nitrogens with one attached hydrogen (secondary N) is 1. The number of hydrogen-bond donors (Lipinski definition) is 1. The molecule has 3 rings (SSSR count). The van der Waals surface area contributed by atoms with E-state index in [4.69, 9.17) is 4.74 Å². The van der Waals surface area contributed by atoms with E-state index in [1.807, 2.05) is 7.11 Å². The molecule has 0 bridgehead atoms. The minimum atomic E-state index is 0.495. The third kappa shape index (κ3) is 1.76. The molecule has 1 fully saturated rings. The van der Waals surface area contributed by atoms with Crippen LogP contribution in [0.3, 0.4) is 0 Å². The number of rotatable bonds is 3. The molecule has 1 aromatic rings. The third-order valence-corrected chi connectivity index (χ3v) is 4.00. The molecule has 2 aliphatic rings. The SMILES string of the molecule is COC1CC(NC2CCc3ccccc32)C1. The van der Waals surface area contributed by atoms with Gasteiger partial charge in [0.2, 0.25) is 0 Å². The van der Waals surface area contributed by atoms with Gasteiger partial charge in [-0.3, -0.25) is 0 Å². The second-order valence-electron chi connectivity index (χ2n) is 4.98. The maximum absolute atomic E-state index is 5.31. The summed E-state index contributed by atoms with van der Waals surface area (Å²) in [5.41, 5.74) is 3.05. The molecule has 1 saturated carbocycles. The number of fused-ring (bicyclic) bond motifs is 1. The molecule has 16 heavy (non-hydrogen) atoms. The van der Waals surface area contributed by atoms with Crippen LogP contribution in [0.25, 0.3) is 0 Å². The van der Waals surface area contributed by atoms with E-state index in [1.165, 1.54) is 36.8 Å². The van der Waals surface area contributed by atoms with Gasteiger partial charge in [-0.1, -0.05) is 24.3 Å². The lowest BCUT2D eigenvalue weighted by Gasteiger charge is -2.36. The van der Waals surface area contributed by atoms with Gasteiger partial charge in [0.05, 0.1) is 6.10 Å². The Hall–Kier alpha value is -0.860. The smallest absolute Gasteiger partial charge is 0.0601 e. The lowest BCUT2D eigenvalue weighted by atomic mass is 9.88. The van der Waals surface area contributed by atoms with Gasteiger partial charge in [-0.05, 0) is 36.8 Å². The van der Waals surface area contributed by atoms with Crippen LogP contribution >= 0.6 is 0 Å². The summed E-state index contributed by atoms with van der Waals surface area (Å²) in [6, 6.07) is 10.1. The van der Waals surface area contributed by atoms with Crippen LogP contribution in [0, 0.1) is 0 Å². The van der Waals surface area contributed by atoms with E-state index in [2.05, 4.69) is 29.6 Å². The molecule has 0 amide bonds. The van der Waals surface area contributed by atoms with Crippen molar-refractivity contribution in [1.29, 1.82) is 0 Å². The molecule has 86 valence electrons. The number of methoxy groups -OCH3 is 1. The number of benzene rings is 1. The van der Waals surface area contributed by atoms with Crippen LogP contribution in [0.4, 0.5) is 0 Å². The third-order valence-electron chi connectivity index (χ3n) is 4.00. The zero-order valence-corrected chi connectivity index (χ0v) is 9.78. The number of aryl methyl sites for hydroxylation is 1. The molecular formula is C14H19NO. The average molecular weight is 217 g/mol. The highest BCUT2D eigenvalue weighted by molar-refractivity contribution is 5.34. The van der Waals surface area contributed by atoms with E-state index in [1.54, 1.807) is 0 Å².